The van der Waals surface area contributed by atoms with Crippen molar-refractivity contribution in [3.05, 3.63) is 29.3 Å². The second-order valence-corrected chi connectivity index (χ2v) is 5.90. The minimum Gasteiger partial charge on any atom is -0.491 e. The van der Waals surface area contributed by atoms with Crippen molar-refractivity contribution in [2.24, 2.45) is 5.73 Å². The number of hydrogen-bond acceptors (Lipinski definition) is 7. The number of nitrogens with two attached hydrogens (primary N) is 1. The zero-order chi connectivity index (χ0) is 18.7. The molecular formula is C17H19N3O6. The molecule has 2 aliphatic rings. The van der Waals surface area contributed by atoms with E-state index in [2.05, 4.69) is 5.32 Å². The number of piperidine rings is 1. The summed E-state index contributed by atoms with van der Waals surface area (Å²) in [5, 5.41) is 2.16. The number of nitrogens with zero attached hydrogens (tertiary/aromatic N) is 1. The molecule has 1 aromatic rings. The van der Waals surface area contributed by atoms with E-state index < -0.39 is 29.7 Å². The number of nitrogens with one attached hydrogen (secondary N) is 1. The molecule has 1 aromatic carbocycles. The molecule has 138 valence electrons. The Balaban J connectivity index is 1.71. The first-order valence-electron chi connectivity index (χ1n) is 8.29. The summed E-state index contributed by atoms with van der Waals surface area (Å²) in [4.78, 5) is 49.4. The van der Waals surface area contributed by atoms with E-state index in [1.54, 1.807) is 6.07 Å². The van der Waals surface area contributed by atoms with E-state index >= 15 is 0 Å². The highest BCUT2D eigenvalue weighted by Gasteiger charge is 2.44. The second kappa shape index (κ2) is 7.63. The molecule has 0 aliphatic carbocycles. The van der Waals surface area contributed by atoms with E-state index in [0.29, 0.717) is 25.5 Å². The highest BCUT2D eigenvalue weighted by atomic mass is 16.5. The van der Waals surface area contributed by atoms with E-state index in [0.717, 1.165) is 4.90 Å². The predicted octanol–water partition coefficient (Wildman–Crippen LogP) is -0.558. The minimum absolute atomic E-state index is 0.0843. The zero-order valence-corrected chi connectivity index (χ0v) is 14.0. The van der Waals surface area contributed by atoms with Gasteiger partial charge in [0.25, 0.3) is 11.8 Å². The van der Waals surface area contributed by atoms with Crippen LogP contribution in [0.2, 0.25) is 0 Å². The summed E-state index contributed by atoms with van der Waals surface area (Å²) in [6.07, 6.45) is 0.207. The van der Waals surface area contributed by atoms with Gasteiger partial charge < -0.3 is 15.2 Å². The lowest BCUT2D eigenvalue weighted by molar-refractivity contribution is -0.136. The van der Waals surface area contributed by atoms with Crippen LogP contribution in [0.5, 0.6) is 5.75 Å². The molecule has 0 radical (unpaired) electrons. The van der Waals surface area contributed by atoms with E-state index in [-0.39, 0.29) is 30.6 Å². The monoisotopic (exact) mass is 361 g/mol. The first-order chi connectivity index (χ1) is 12.5. The molecule has 3 rings (SSSR count). The summed E-state index contributed by atoms with van der Waals surface area (Å²) in [5.74, 6) is -1.73. The highest BCUT2D eigenvalue weighted by Crippen LogP contribution is 2.30. The maximum absolute atomic E-state index is 12.6. The Kier molecular flexibility index (Phi) is 5.29. The standard InChI is InChI=1S/C17H19N3O6/c18-5-6-25-7-8-26-10-1-2-11-12(9-10)17(24)20(16(11)23)13-3-4-14(21)19-15(13)22/h1-2,9,13H,3-8,18H2,(H,19,21,22). The number of benzene rings is 1. The van der Waals surface area contributed by atoms with Crippen LogP contribution in [0.3, 0.4) is 0 Å². The first kappa shape index (κ1) is 18.0. The van der Waals surface area contributed by atoms with Gasteiger partial charge in [0.05, 0.1) is 24.3 Å². The molecule has 3 N–H and O–H groups in total. The number of imide groups is 2. The predicted molar refractivity (Wildman–Crippen MR) is 88.5 cm³/mol. The van der Waals surface area contributed by atoms with Gasteiger partial charge in [0.15, 0.2) is 0 Å². The second-order valence-electron chi connectivity index (χ2n) is 5.90. The largest absolute Gasteiger partial charge is 0.491 e. The Morgan fingerprint density at radius 1 is 1.08 bits per heavy atom. The third-order valence-corrected chi connectivity index (χ3v) is 4.17. The van der Waals surface area contributed by atoms with Crippen molar-refractivity contribution in [3.63, 3.8) is 0 Å². The molecule has 0 bridgehead atoms. The average Bonchev–Trinajstić information content (AvgIpc) is 2.86. The van der Waals surface area contributed by atoms with Crippen molar-refractivity contribution in [3.8, 4) is 5.75 Å². The van der Waals surface area contributed by atoms with Gasteiger partial charge in [0, 0.05) is 13.0 Å². The molecule has 1 unspecified atom stereocenters. The summed E-state index contributed by atoms with van der Waals surface area (Å²) in [7, 11) is 0. The molecule has 9 nitrogen and oxygen atoms in total. The Morgan fingerprint density at radius 3 is 2.58 bits per heavy atom. The molecule has 2 aliphatic heterocycles. The van der Waals surface area contributed by atoms with Crippen LogP contribution in [0.1, 0.15) is 33.6 Å². The molecule has 0 spiro atoms. The van der Waals surface area contributed by atoms with Crippen molar-refractivity contribution in [2.75, 3.05) is 26.4 Å². The summed E-state index contributed by atoms with van der Waals surface area (Å²) >= 11 is 0. The molecule has 1 atom stereocenters. The van der Waals surface area contributed by atoms with Crippen LogP contribution >= 0.6 is 0 Å². The molecule has 9 heteroatoms. The number of amides is 4. The SMILES string of the molecule is NCCOCCOc1ccc2c(c1)C(=O)N(C1CCC(=O)NC1=O)C2=O. The highest BCUT2D eigenvalue weighted by molar-refractivity contribution is 6.23. The van der Waals surface area contributed by atoms with Crippen LogP contribution in [-0.2, 0) is 14.3 Å². The molecule has 4 amide bonds. The van der Waals surface area contributed by atoms with Crippen molar-refractivity contribution in [1.82, 2.24) is 10.2 Å². The van der Waals surface area contributed by atoms with Gasteiger partial charge >= 0.3 is 0 Å². The van der Waals surface area contributed by atoms with Gasteiger partial charge in [0.2, 0.25) is 11.8 Å². The lowest BCUT2D eigenvalue weighted by atomic mass is 10.0. The first-order valence-corrected chi connectivity index (χ1v) is 8.29. The quantitative estimate of drug-likeness (QED) is 0.492. The van der Waals surface area contributed by atoms with E-state index in [4.69, 9.17) is 15.2 Å². The lowest BCUT2D eigenvalue weighted by Gasteiger charge is -2.27. The van der Waals surface area contributed by atoms with Crippen LogP contribution in [0.25, 0.3) is 0 Å². The Bertz CT molecular complexity index is 763. The number of fused-ring (bicyclic) bond motifs is 1. The third kappa shape index (κ3) is 3.44. The topological polar surface area (TPSA) is 128 Å². The molecule has 1 fully saturated rings. The third-order valence-electron chi connectivity index (χ3n) is 4.17. The number of carbonyl (C=O) groups is 4. The van der Waals surface area contributed by atoms with Gasteiger partial charge in [0.1, 0.15) is 18.4 Å². The van der Waals surface area contributed by atoms with Gasteiger partial charge in [-0.05, 0) is 24.6 Å². The molecule has 2 heterocycles. The smallest absolute Gasteiger partial charge is 0.262 e. The van der Waals surface area contributed by atoms with Crippen molar-refractivity contribution >= 4 is 23.6 Å². The van der Waals surface area contributed by atoms with Crippen molar-refractivity contribution in [1.29, 1.82) is 0 Å². The van der Waals surface area contributed by atoms with Crippen LogP contribution < -0.4 is 15.8 Å². The zero-order valence-electron chi connectivity index (χ0n) is 14.0. The fourth-order valence-corrected chi connectivity index (χ4v) is 2.94. The van der Waals surface area contributed by atoms with Gasteiger partial charge in [-0.25, -0.2) is 0 Å². The number of rotatable bonds is 7. The number of hydrogen-bond donors (Lipinski definition) is 2. The molecule has 0 saturated carbocycles. The summed E-state index contributed by atoms with van der Waals surface area (Å²) in [5.41, 5.74) is 5.71. The molecule has 26 heavy (non-hydrogen) atoms. The minimum atomic E-state index is -0.978. The Hall–Kier alpha value is -2.78. The fraction of sp³-hybridized carbons (Fsp3) is 0.412. The molecule has 1 saturated heterocycles. The van der Waals surface area contributed by atoms with E-state index in [1.165, 1.54) is 12.1 Å². The van der Waals surface area contributed by atoms with E-state index in [1.807, 2.05) is 0 Å². The lowest BCUT2D eigenvalue weighted by Crippen LogP contribution is -2.54. The van der Waals surface area contributed by atoms with Crippen LogP contribution in [0.15, 0.2) is 18.2 Å². The molecule has 0 aromatic heterocycles. The number of ether oxygens (including phenoxy) is 2. The maximum Gasteiger partial charge on any atom is 0.262 e. The normalized spacial score (nSPS) is 19.6. The summed E-state index contributed by atoms with van der Waals surface area (Å²) in [6.45, 7) is 1.48. The Morgan fingerprint density at radius 2 is 1.85 bits per heavy atom. The van der Waals surface area contributed by atoms with Crippen molar-refractivity contribution < 1.29 is 28.7 Å². The van der Waals surface area contributed by atoms with Gasteiger partial charge in [-0.15, -0.1) is 0 Å². The molecular weight excluding hydrogens is 342 g/mol. The maximum atomic E-state index is 12.6. The summed E-state index contributed by atoms with van der Waals surface area (Å²) < 4.78 is 10.7. The van der Waals surface area contributed by atoms with Gasteiger partial charge in [-0.1, -0.05) is 0 Å². The van der Waals surface area contributed by atoms with Gasteiger partial charge in [-0.3, -0.25) is 29.4 Å². The van der Waals surface area contributed by atoms with Crippen molar-refractivity contribution in [2.45, 2.75) is 18.9 Å². The Labute approximate surface area is 149 Å². The van der Waals surface area contributed by atoms with E-state index in [9.17, 15) is 19.2 Å². The average molecular weight is 361 g/mol. The summed E-state index contributed by atoms with van der Waals surface area (Å²) in [6, 6.07) is 3.58. The number of carbonyl (C=O) groups excluding carboxylic acids is 4. The van der Waals surface area contributed by atoms with Crippen LogP contribution in [0, 0.1) is 0 Å². The fourth-order valence-electron chi connectivity index (χ4n) is 2.94. The van der Waals surface area contributed by atoms with Crippen LogP contribution in [0.4, 0.5) is 0 Å². The van der Waals surface area contributed by atoms with Gasteiger partial charge in [-0.2, -0.15) is 0 Å². The van der Waals surface area contributed by atoms with Crippen LogP contribution in [-0.4, -0.2) is 60.9 Å².